The third-order valence-corrected chi connectivity index (χ3v) is 2.16. The van der Waals surface area contributed by atoms with Gasteiger partial charge in [-0.25, -0.2) is 4.79 Å². The van der Waals surface area contributed by atoms with Crippen LogP contribution in [-0.2, 0) is 14.3 Å². The lowest BCUT2D eigenvalue weighted by molar-refractivity contribution is -0.139. The zero-order valence-corrected chi connectivity index (χ0v) is 10.4. The highest BCUT2D eigenvalue weighted by Gasteiger charge is 2.12. The molecule has 0 aliphatic rings. The molecule has 18 heavy (non-hydrogen) atoms. The number of nitrogens with one attached hydrogen (secondary N) is 1. The van der Waals surface area contributed by atoms with Crippen molar-refractivity contribution in [3.8, 4) is 0 Å². The Kier molecular flexibility index (Phi) is 5.64. The molecule has 0 radical (unpaired) electrons. The van der Waals surface area contributed by atoms with Gasteiger partial charge in [0.25, 0.3) is 0 Å². The molecule has 1 rings (SSSR count). The second-order valence-electron chi connectivity index (χ2n) is 3.83. The van der Waals surface area contributed by atoms with E-state index in [1.54, 1.807) is 12.1 Å². The predicted molar refractivity (Wildman–Crippen MR) is 70.1 cm³/mol. The van der Waals surface area contributed by atoms with E-state index in [9.17, 15) is 9.59 Å². The van der Waals surface area contributed by atoms with Crippen LogP contribution in [0.15, 0.2) is 42.5 Å². The molecule has 0 aromatic heterocycles. The molecule has 0 fully saturated rings. The van der Waals surface area contributed by atoms with E-state index in [1.165, 1.54) is 0 Å². The zero-order valence-electron chi connectivity index (χ0n) is 10.4. The Morgan fingerprint density at radius 2 is 1.94 bits per heavy atom. The predicted octanol–water partition coefficient (Wildman–Crippen LogP) is 2.52. The first-order valence-electron chi connectivity index (χ1n) is 5.83. The van der Waals surface area contributed by atoms with E-state index >= 15 is 0 Å². The van der Waals surface area contributed by atoms with E-state index in [2.05, 4.69) is 11.9 Å². The van der Waals surface area contributed by atoms with Crippen LogP contribution in [-0.4, -0.2) is 18.5 Å². The summed E-state index contributed by atoms with van der Waals surface area (Å²) in [5, 5.41) is 2.68. The molecule has 1 N–H and O–H groups in total. The molecule has 4 heteroatoms. The lowest BCUT2D eigenvalue weighted by atomic mass is 10.2. The standard InChI is InChI=1S/C14H17NO3/c1-3-9-18-14(17)11(2)10-13(16)15-12-7-5-4-6-8-12/h4-8H,2-3,9-10H2,1H3,(H,15,16). The normalized spacial score (nSPS) is 9.61. The van der Waals surface area contributed by atoms with Crippen LogP contribution in [0.1, 0.15) is 19.8 Å². The van der Waals surface area contributed by atoms with Crippen LogP contribution in [0.2, 0.25) is 0 Å². The fraction of sp³-hybridized carbons (Fsp3) is 0.286. The summed E-state index contributed by atoms with van der Waals surface area (Å²) in [5.41, 5.74) is 0.856. The maximum atomic E-state index is 11.6. The van der Waals surface area contributed by atoms with Crippen LogP contribution < -0.4 is 5.32 Å². The van der Waals surface area contributed by atoms with Gasteiger partial charge in [-0.1, -0.05) is 31.7 Å². The zero-order chi connectivity index (χ0) is 13.4. The van der Waals surface area contributed by atoms with Gasteiger partial charge in [0.05, 0.1) is 13.0 Å². The number of ether oxygens (including phenoxy) is 1. The molecule has 0 aliphatic carbocycles. The number of para-hydroxylation sites is 1. The van der Waals surface area contributed by atoms with Crippen molar-refractivity contribution in [1.82, 2.24) is 0 Å². The van der Waals surface area contributed by atoms with Crippen LogP contribution in [0.5, 0.6) is 0 Å². The number of anilines is 1. The topological polar surface area (TPSA) is 55.4 Å². The van der Waals surface area contributed by atoms with Crippen LogP contribution in [0.25, 0.3) is 0 Å². The summed E-state index contributed by atoms with van der Waals surface area (Å²) >= 11 is 0. The molecule has 1 aromatic carbocycles. The van der Waals surface area contributed by atoms with Crippen molar-refractivity contribution in [2.75, 3.05) is 11.9 Å². The van der Waals surface area contributed by atoms with Crippen molar-refractivity contribution in [3.63, 3.8) is 0 Å². The number of carbonyl (C=O) groups is 2. The summed E-state index contributed by atoms with van der Waals surface area (Å²) in [7, 11) is 0. The quantitative estimate of drug-likeness (QED) is 0.620. The van der Waals surface area contributed by atoms with Crippen LogP contribution in [0.4, 0.5) is 5.69 Å². The second kappa shape index (κ2) is 7.27. The van der Waals surface area contributed by atoms with E-state index in [4.69, 9.17) is 4.74 Å². The molecule has 0 bridgehead atoms. The summed E-state index contributed by atoms with van der Waals surface area (Å²) in [6.45, 7) is 5.80. The van der Waals surface area contributed by atoms with Gasteiger partial charge in [0.2, 0.25) is 5.91 Å². The highest BCUT2D eigenvalue weighted by Crippen LogP contribution is 2.08. The Labute approximate surface area is 107 Å². The lowest BCUT2D eigenvalue weighted by Crippen LogP contribution is -2.16. The average molecular weight is 247 g/mol. The monoisotopic (exact) mass is 247 g/mol. The minimum atomic E-state index is -0.514. The molecule has 0 saturated carbocycles. The van der Waals surface area contributed by atoms with E-state index in [1.807, 2.05) is 25.1 Å². The maximum absolute atomic E-state index is 11.6. The van der Waals surface area contributed by atoms with Gasteiger partial charge < -0.3 is 10.1 Å². The molecule has 4 nitrogen and oxygen atoms in total. The van der Waals surface area contributed by atoms with Crippen molar-refractivity contribution in [1.29, 1.82) is 0 Å². The molecular formula is C14H17NO3. The number of hydrogen-bond donors (Lipinski definition) is 1. The third-order valence-electron chi connectivity index (χ3n) is 2.16. The average Bonchev–Trinajstić information content (AvgIpc) is 2.36. The second-order valence-corrected chi connectivity index (χ2v) is 3.83. The van der Waals surface area contributed by atoms with Crippen LogP contribution in [0.3, 0.4) is 0 Å². The van der Waals surface area contributed by atoms with Gasteiger partial charge in [0.15, 0.2) is 0 Å². The van der Waals surface area contributed by atoms with Crippen molar-refractivity contribution >= 4 is 17.6 Å². The Bertz CT molecular complexity index is 426. The van der Waals surface area contributed by atoms with E-state index in [0.29, 0.717) is 12.3 Å². The molecule has 0 saturated heterocycles. The highest BCUT2D eigenvalue weighted by molar-refractivity contribution is 5.99. The molecule has 1 aromatic rings. The van der Waals surface area contributed by atoms with Gasteiger partial charge in [0, 0.05) is 11.3 Å². The minimum absolute atomic E-state index is 0.0581. The molecule has 0 atom stereocenters. The van der Waals surface area contributed by atoms with Gasteiger partial charge >= 0.3 is 5.97 Å². The van der Waals surface area contributed by atoms with Gasteiger partial charge in [-0.15, -0.1) is 0 Å². The Morgan fingerprint density at radius 3 is 2.56 bits per heavy atom. The summed E-state index contributed by atoms with van der Waals surface area (Å²) in [6.07, 6.45) is 0.687. The largest absolute Gasteiger partial charge is 0.462 e. The van der Waals surface area contributed by atoms with E-state index in [-0.39, 0.29) is 17.9 Å². The summed E-state index contributed by atoms with van der Waals surface area (Å²) in [4.78, 5) is 23.0. The molecule has 1 amide bonds. The first-order chi connectivity index (χ1) is 8.63. The molecule has 0 spiro atoms. The minimum Gasteiger partial charge on any atom is -0.462 e. The SMILES string of the molecule is C=C(CC(=O)Nc1ccccc1)C(=O)OCCC. The van der Waals surface area contributed by atoms with Crippen molar-refractivity contribution in [2.45, 2.75) is 19.8 Å². The number of benzene rings is 1. The number of rotatable bonds is 6. The molecule has 0 aliphatic heterocycles. The molecule has 0 unspecified atom stereocenters. The van der Waals surface area contributed by atoms with Gasteiger partial charge in [-0.3, -0.25) is 4.79 Å². The van der Waals surface area contributed by atoms with Crippen LogP contribution >= 0.6 is 0 Å². The smallest absolute Gasteiger partial charge is 0.333 e. The van der Waals surface area contributed by atoms with Crippen LogP contribution in [0, 0.1) is 0 Å². The number of esters is 1. The summed E-state index contributed by atoms with van der Waals surface area (Å²) < 4.78 is 4.89. The summed E-state index contributed by atoms with van der Waals surface area (Å²) in [5.74, 6) is -0.792. The van der Waals surface area contributed by atoms with Gasteiger partial charge in [-0.05, 0) is 18.6 Å². The molecular weight excluding hydrogens is 230 g/mol. The Balaban J connectivity index is 2.40. The van der Waals surface area contributed by atoms with E-state index in [0.717, 1.165) is 6.42 Å². The van der Waals surface area contributed by atoms with Crippen molar-refractivity contribution < 1.29 is 14.3 Å². The third kappa shape index (κ3) is 4.82. The lowest BCUT2D eigenvalue weighted by Gasteiger charge is -2.07. The Hall–Kier alpha value is -2.10. The van der Waals surface area contributed by atoms with Gasteiger partial charge in [0.1, 0.15) is 0 Å². The highest BCUT2D eigenvalue weighted by atomic mass is 16.5. The summed E-state index contributed by atoms with van der Waals surface area (Å²) in [6, 6.07) is 9.04. The number of hydrogen-bond acceptors (Lipinski definition) is 3. The number of carbonyl (C=O) groups excluding carboxylic acids is 2. The number of amides is 1. The van der Waals surface area contributed by atoms with E-state index < -0.39 is 5.97 Å². The molecule has 96 valence electrons. The Morgan fingerprint density at radius 1 is 1.28 bits per heavy atom. The van der Waals surface area contributed by atoms with Crippen molar-refractivity contribution in [3.05, 3.63) is 42.5 Å². The first kappa shape index (κ1) is 14.0. The first-order valence-corrected chi connectivity index (χ1v) is 5.83. The maximum Gasteiger partial charge on any atom is 0.333 e. The fourth-order valence-electron chi connectivity index (χ4n) is 1.29. The van der Waals surface area contributed by atoms with Crippen molar-refractivity contribution in [2.24, 2.45) is 0 Å². The van der Waals surface area contributed by atoms with Gasteiger partial charge in [-0.2, -0.15) is 0 Å². The fourth-order valence-corrected chi connectivity index (χ4v) is 1.29. The molecule has 0 heterocycles.